The van der Waals surface area contributed by atoms with Crippen molar-refractivity contribution in [2.45, 2.75) is 24.7 Å². The number of benzene rings is 1. The Labute approximate surface area is 178 Å². The number of rotatable bonds is 10. The molecular weight excluding hydrogens is 400 g/mol. The number of nitrogens with zero attached hydrogens (tertiary/aromatic N) is 5. The summed E-state index contributed by atoms with van der Waals surface area (Å²) in [4.78, 5) is 16.3. The number of aromatic nitrogens is 5. The number of aryl methyl sites for hydroxylation is 1. The van der Waals surface area contributed by atoms with Crippen LogP contribution in [0.2, 0.25) is 0 Å². The fourth-order valence-corrected chi connectivity index (χ4v) is 3.75. The van der Waals surface area contributed by atoms with E-state index in [0.29, 0.717) is 29.8 Å². The van der Waals surface area contributed by atoms with Gasteiger partial charge in [0.15, 0.2) is 10.9 Å². The number of carbonyl (C=O) groups is 1. The number of hydrogen-bond donors (Lipinski definition) is 1. The molecule has 0 atom stereocenters. The molecule has 1 N–H and O–H groups in total. The van der Waals surface area contributed by atoms with E-state index in [9.17, 15) is 4.79 Å². The van der Waals surface area contributed by atoms with Crippen LogP contribution in [-0.2, 0) is 17.9 Å². The number of carbonyl (C=O) groups excluding carboxylic acids is 1. The van der Waals surface area contributed by atoms with Crippen LogP contribution in [0.4, 0.5) is 0 Å². The summed E-state index contributed by atoms with van der Waals surface area (Å²) in [6.45, 7) is 2.04. The highest BCUT2D eigenvalue weighted by Crippen LogP contribution is 2.25. The van der Waals surface area contributed by atoms with E-state index in [0.717, 1.165) is 18.5 Å². The van der Waals surface area contributed by atoms with Crippen LogP contribution in [0, 0.1) is 0 Å². The summed E-state index contributed by atoms with van der Waals surface area (Å²) >= 11 is 1.37. The Balaban J connectivity index is 1.36. The first kappa shape index (κ1) is 20.0. The van der Waals surface area contributed by atoms with Crippen molar-refractivity contribution in [3.05, 3.63) is 73.0 Å². The largest absolute Gasteiger partial charge is 0.461 e. The van der Waals surface area contributed by atoms with Crippen LogP contribution >= 0.6 is 11.8 Å². The molecule has 0 bridgehead atoms. The van der Waals surface area contributed by atoms with E-state index in [1.165, 1.54) is 11.8 Å². The highest BCUT2D eigenvalue weighted by molar-refractivity contribution is 7.99. The molecule has 0 spiro atoms. The molecule has 1 aromatic carbocycles. The number of hydrogen-bond acceptors (Lipinski definition) is 6. The van der Waals surface area contributed by atoms with Crippen molar-refractivity contribution in [2.75, 3.05) is 12.3 Å². The first-order valence-electron chi connectivity index (χ1n) is 9.66. The van der Waals surface area contributed by atoms with Gasteiger partial charge in [-0.3, -0.25) is 9.36 Å². The Morgan fingerprint density at radius 2 is 2.03 bits per heavy atom. The minimum absolute atomic E-state index is 0.0283. The molecule has 0 aliphatic rings. The van der Waals surface area contributed by atoms with Crippen LogP contribution in [0.25, 0.3) is 11.6 Å². The highest BCUT2D eigenvalue weighted by Gasteiger charge is 2.17. The van der Waals surface area contributed by atoms with E-state index in [4.69, 9.17) is 4.42 Å². The molecule has 9 heteroatoms. The second-order valence-electron chi connectivity index (χ2n) is 6.65. The van der Waals surface area contributed by atoms with Crippen molar-refractivity contribution in [3.8, 4) is 11.6 Å². The van der Waals surface area contributed by atoms with Gasteiger partial charge in [-0.15, -0.1) is 10.2 Å². The summed E-state index contributed by atoms with van der Waals surface area (Å²) in [6.07, 6.45) is 7.89. The van der Waals surface area contributed by atoms with Crippen molar-refractivity contribution in [2.24, 2.45) is 0 Å². The van der Waals surface area contributed by atoms with E-state index in [1.807, 2.05) is 57.8 Å². The molecule has 4 aromatic rings. The standard InChI is InChI=1S/C21H22N6O2S/c28-19(23-9-5-11-26-12-10-22-16-26)15-30-21-25-24-20(18-8-4-13-29-18)27(21)14-17-6-2-1-3-7-17/h1-4,6-8,10,12-13,16H,5,9,11,14-15H2,(H,23,28). The second kappa shape index (κ2) is 9.93. The summed E-state index contributed by atoms with van der Waals surface area (Å²) in [5.74, 6) is 1.54. The maximum atomic E-state index is 12.3. The lowest BCUT2D eigenvalue weighted by Gasteiger charge is -2.09. The van der Waals surface area contributed by atoms with Gasteiger partial charge in [0.25, 0.3) is 0 Å². The molecule has 0 radical (unpaired) electrons. The van der Waals surface area contributed by atoms with E-state index in [1.54, 1.807) is 18.8 Å². The van der Waals surface area contributed by atoms with Crippen molar-refractivity contribution < 1.29 is 9.21 Å². The number of amides is 1. The van der Waals surface area contributed by atoms with Crippen molar-refractivity contribution in [3.63, 3.8) is 0 Å². The average Bonchev–Trinajstić information content (AvgIpc) is 3.53. The van der Waals surface area contributed by atoms with Gasteiger partial charge < -0.3 is 14.3 Å². The molecule has 30 heavy (non-hydrogen) atoms. The Hall–Kier alpha value is -3.33. The maximum Gasteiger partial charge on any atom is 0.230 e. The fourth-order valence-electron chi connectivity index (χ4n) is 2.98. The third-order valence-corrected chi connectivity index (χ3v) is 5.42. The molecule has 0 aliphatic heterocycles. The first-order valence-corrected chi connectivity index (χ1v) is 10.6. The van der Waals surface area contributed by atoms with Gasteiger partial charge in [0.2, 0.25) is 11.7 Å². The molecule has 3 aromatic heterocycles. The molecular formula is C21H22N6O2S. The predicted octanol–water partition coefficient (Wildman–Crippen LogP) is 3.08. The zero-order valence-corrected chi connectivity index (χ0v) is 17.2. The van der Waals surface area contributed by atoms with Gasteiger partial charge in [-0.2, -0.15) is 0 Å². The van der Waals surface area contributed by atoms with Crippen LogP contribution in [-0.4, -0.2) is 42.5 Å². The zero-order chi connectivity index (χ0) is 20.6. The van der Waals surface area contributed by atoms with Gasteiger partial charge in [0.05, 0.1) is 24.9 Å². The average molecular weight is 423 g/mol. The van der Waals surface area contributed by atoms with Gasteiger partial charge in [0.1, 0.15) is 0 Å². The van der Waals surface area contributed by atoms with Crippen LogP contribution in [0.5, 0.6) is 0 Å². The first-order chi connectivity index (χ1) is 14.8. The summed E-state index contributed by atoms with van der Waals surface area (Å²) in [6, 6.07) is 13.7. The number of imidazole rings is 1. The number of thioether (sulfide) groups is 1. The molecule has 1 amide bonds. The summed E-state index contributed by atoms with van der Waals surface area (Å²) in [5, 5.41) is 12.2. The van der Waals surface area contributed by atoms with Crippen LogP contribution < -0.4 is 5.32 Å². The summed E-state index contributed by atoms with van der Waals surface area (Å²) in [5.41, 5.74) is 1.12. The number of furan rings is 1. The normalized spacial score (nSPS) is 10.9. The lowest BCUT2D eigenvalue weighted by Crippen LogP contribution is -2.27. The molecule has 0 saturated carbocycles. The quantitative estimate of drug-likeness (QED) is 0.312. The summed E-state index contributed by atoms with van der Waals surface area (Å²) < 4.78 is 9.48. The fraction of sp³-hybridized carbons (Fsp3) is 0.238. The molecule has 154 valence electrons. The Bertz CT molecular complexity index is 1040. The Morgan fingerprint density at radius 1 is 1.13 bits per heavy atom. The summed E-state index contributed by atoms with van der Waals surface area (Å²) in [7, 11) is 0. The maximum absolute atomic E-state index is 12.3. The van der Waals surface area contributed by atoms with E-state index in [-0.39, 0.29) is 11.7 Å². The van der Waals surface area contributed by atoms with Gasteiger partial charge in [0, 0.05) is 25.5 Å². The third-order valence-electron chi connectivity index (χ3n) is 4.45. The minimum atomic E-state index is -0.0283. The molecule has 4 rings (SSSR count). The highest BCUT2D eigenvalue weighted by atomic mass is 32.2. The topological polar surface area (TPSA) is 90.8 Å². The molecule has 0 fully saturated rings. The lowest BCUT2D eigenvalue weighted by molar-refractivity contribution is -0.118. The lowest BCUT2D eigenvalue weighted by atomic mass is 10.2. The van der Waals surface area contributed by atoms with Gasteiger partial charge in [-0.05, 0) is 24.1 Å². The van der Waals surface area contributed by atoms with Crippen LogP contribution in [0.1, 0.15) is 12.0 Å². The minimum Gasteiger partial charge on any atom is -0.461 e. The zero-order valence-electron chi connectivity index (χ0n) is 16.3. The monoisotopic (exact) mass is 422 g/mol. The molecule has 0 aliphatic carbocycles. The Morgan fingerprint density at radius 3 is 2.80 bits per heavy atom. The smallest absolute Gasteiger partial charge is 0.230 e. The predicted molar refractivity (Wildman–Crippen MR) is 114 cm³/mol. The van der Waals surface area contributed by atoms with E-state index >= 15 is 0 Å². The third kappa shape index (κ3) is 5.18. The van der Waals surface area contributed by atoms with Crippen LogP contribution in [0.15, 0.2) is 77.0 Å². The number of nitrogens with one attached hydrogen (secondary N) is 1. The van der Waals surface area contributed by atoms with Crippen LogP contribution in [0.3, 0.4) is 0 Å². The molecule has 0 saturated heterocycles. The van der Waals surface area contributed by atoms with Gasteiger partial charge in [-0.25, -0.2) is 4.98 Å². The van der Waals surface area contributed by atoms with E-state index < -0.39 is 0 Å². The van der Waals surface area contributed by atoms with Crippen molar-refractivity contribution in [1.82, 2.24) is 29.6 Å². The van der Waals surface area contributed by atoms with E-state index in [2.05, 4.69) is 20.5 Å². The van der Waals surface area contributed by atoms with Gasteiger partial charge in [-0.1, -0.05) is 42.1 Å². The Kier molecular flexibility index (Phi) is 6.61. The van der Waals surface area contributed by atoms with Gasteiger partial charge >= 0.3 is 0 Å². The molecule has 8 nitrogen and oxygen atoms in total. The molecule has 0 unspecified atom stereocenters. The SMILES string of the molecule is O=C(CSc1nnc(-c2ccco2)n1Cc1ccccc1)NCCCn1ccnc1. The second-order valence-corrected chi connectivity index (χ2v) is 7.59. The molecule has 3 heterocycles. The van der Waals surface area contributed by atoms with Crippen molar-refractivity contribution in [1.29, 1.82) is 0 Å². The van der Waals surface area contributed by atoms with Crippen molar-refractivity contribution >= 4 is 17.7 Å².